The van der Waals surface area contributed by atoms with Crippen molar-refractivity contribution in [3.05, 3.63) is 29.3 Å². The number of hydrogen-bond acceptors (Lipinski definition) is 3. The summed E-state index contributed by atoms with van der Waals surface area (Å²) in [6, 6.07) is 6.73. The molecule has 1 fully saturated rings. The number of aryl methyl sites for hydroxylation is 1. The molecular formula is C16H26N2O. The van der Waals surface area contributed by atoms with Crippen molar-refractivity contribution >= 4 is 0 Å². The highest BCUT2D eigenvalue weighted by Gasteiger charge is 2.22. The summed E-state index contributed by atoms with van der Waals surface area (Å²) < 4.78 is 0. The van der Waals surface area contributed by atoms with E-state index in [1.807, 2.05) is 12.1 Å². The molecule has 0 saturated carbocycles. The van der Waals surface area contributed by atoms with Crippen LogP contribution in [0.25, 0.3) is 0 Å². The Morgan fingerprint density at radius 2 is 2.26 bits per heavy atom. The Balaban J connectivity index is 2.10. The van der Waals surface area contributed by atoms with E-state index in [4.69, 9.17) is 0 Å². The van der Waals surface area contributed by atoms with Gasteiger partial charge in [-0.25, -0.2) is 0 Å². The first-order valence-corrected chi connectivity index (χ1v) is 7.38. The van der Waals surface area contributed by atoms with Crippen molar-refractivity contribution < 1.29 is 5.11 Å². The molecule has 106 valence electrons. The molecule has 19 heavy (non-hydrogen) atoms. The summed E-state index contributed by atoms with van der Waals surface area (Å²) in [6.07, 6.45) is 2.55. The van der Waals surface area contributed by atoms with Gasteiger partial charge >= 0.3 is 0 Å². The van der Waals surface area contributed by atoms with E-state index in [-0.39, 0.29) is 6.04 Å². The van der Waals surface area contributed by atoms with Gasteiger partial charge in [-0.3, -0.25) is 4.90 Å². The lowest BCUT2D eigenvalue weighted by Crippen LogP contribution is -2.38. The predicted octanol–water partition coefficient (Wildman–Crippen LogP) is 2.84. The molecule has 1 aromatic rings. The van der Waals surface area contributed by atoms with E-state index in [0.717, 1.165) is 25.2 Å². The molecule has 1 saturated heterocycles. The third kappa shape index (κ3) is 3.48. The zero-order valence-electron chi connectivity index (χ0n) is 12.3. The van der Waals surface area contributed by atoms with Crippen LogP contribution in [0, 0.1) is 6.92 Å². The van der Waals surface area contributed by atoms with E-state index >= 15 is 0 Å². The number of benzene rings is 1. The molecule has 0 spiro atoms. The number of nitrogens with one attached hydrogen (secondary N) is 1. The molecule has 0 amide bonds. The molecule has 2 atom stereocenters. The molecule has 2 N–H and O–H groups in total. The summed E-state index contributed by atoms with van der Waals surface area (Å²) in [5.74, 6) is 0.413. The average Bonchev–Trinajstić information content (AvgIpc) is 2.91. The quantitative estimate of drug-likeness (QED) is 0.856. The fraction of sp³-hybridized carbons (Fsp3) is 0.625. The minimum absolute atomic E-state index is 0.257. The lowest BCUT2D eigenvalue weighted by atomic mass is 10.0. The van der Waals surface area contributed by atoms with Crippen LogP contribution in [0.1, 0.15) is 43.9 Å². The molecule has 0 aliphatic carbocycles. The first-order chi connectivity index (χ1) is 9.11. The Labute approximate surface area is 116 Å². The first-order valence-electron chi connectivity index (χ1n) is 7.38. The Hall–Kier alpha value is -1.06. The van der Waals surface area contributed by atoms with Crippen LogP contribution in [0.4, 0.5) is 0 Å². The van der Waals surface area contributed by atoms with Gasteiger partial charge in [0.05, 0.1) is 0 Å². The molecule has 1 aromatic carbocycles. The van der Waals surface area contributed by atoms with Crippen LogP contribution in [0.15, 0.2) is 18.2 Å². The van der Waals surface area contributed by atoms with Crippen LogP contribution >= 0.6 is 0 Å². The molecule has 3 nitrogen and oxygen atoms in total. The Kier molecular flexibility index (Phi) is 4.83. The van der Waals surface area contributed by atoms with Crippen LogP contribution in [0.3, 0.4) is 0 Å². The maximum absolute atomic E-state index is 10.1. The van der Waals surface area contributed by atoms with Crippen molar-refractivity contribution in [1.29, 1.82) is 0 Å². The van der Waals surface area contributed by atoms with Gasteiger partial charge < -0.3 is 10.4 Å². The molecule has 0 radical (unpaired) electrons. The predicted molar refractivity (Wildman–Crippen MR) is 79.5 cm³/mol. The van der Waals surface area contributed by atoms with Gasteiger partial charge in [-0.05, 0) is 45.8 Å². The first kappa shape index (κ1) is 14.4. The van der Waals surface area contributed by atoms with E-state index in [9.17, 15) is 5.11 Å². The third-order valence-electron chi connectivity index (χ3n) is 4.20. The van der Waals surface area contributed by atoms with Gasteiger partial charge in [0.2, 0.25) is 0 Å². The van der Waals surface area contributed by atoms with Crippen molar-refractivity contribution in [1.82, 2.24) is 10.2 Å². The second-order valence-corrected chi connectivity index (χ2v) is 5.62. The van der Waals surface area contributed by atoms with Gasteiger partial charge in [-0.1, -0.05) is 24.6 Å². The second-order valence-electron chi connectivity index (χ2n) is 5.62. The normalized spacial score (nSPS) is 20.9. The van der Waals surface area contributed by atoms with Crippen LogP contribution in [-0.4, -0.2) is 35.7 Å². The van der Waals surface area contributed by atoms with Crippen molar-refractivity contribution in [2.75, 3.05) is 19.6 Å². The number of phenols is 1. The van der Waals surface area contributed by atoms with Gasteiger partial charge in [-0.15, -0.1) is 0 Å². The third-order valence-corrected chi connectivity index (χ3v) is 4.20. The Morgan fingerprint density at radius 1 is 1.47 bits per heavy atom. The van der Waals surface area contributed by atoms with Gasteiger partial charge in [0.1, 0.15) is 5.75 Å². The summed E-state index contributed by atoms with van der Waals surface area (Å²) in [4.78, 5) is 2.44. The lowest BCUT2D eigenvalue weighted by molar-refractivity contribution is 0.199. The van der Waals surface area contributed by atoms with Gasteiger partial charge in [0.15, 0.2) is 0 Å². The van der Waals surface area contributed by atoms with Gasteiger partial charge in [0.25, 0.3) is 0 Å². The lowest BCUT2D eigenvalue weighted by Gasteiger charge is -2.31. The highest BCUT2D eigenvalue weighted by atomic mass is 16.3. The summed E-state index contributed by atoms with van der Waals surface area (Å²) in [6.45, 7) is 9.67. The molecule has 2 rings (SSSR count). The second kappa shape index (κ2) is 6.40. The Morgan fingerprint density at radius 3 is 2.89 bits per heavy atom. The van der Waals surface area contributed by atoms with E-state index in [0.29, 0.717) is 11.8 Å². The van der Waals surface area contributed by atoms with Crippen LogP contribution in [0.5, 0.6) is 5.75 Å². The largest absolute Gasteiger partial charge is 0.508 e. The highest BCUT2D eigenvalue weighted by molar-refractivity contribution is 5.37. The van der Waals surface area contributed by atoms with Crippen molar-refractivity contribution in [3.8, 4) is 5.75 Å². The fourth-order valence-corrected chi connectivity index (χ4v) is 2.96. The number of likely N-dealkylation sites (N-methyl/N-ethyl adjacent to an activating group) is 1. The SMILES string of the molecule is CCN(CC1CCCN1)C(C)c1cc(C)ccc1O. The number of aromatic hydroxyl groups is 1. The monoisotopic (exact) mass is 262 g/mol. The van der Waals surface area contributed by atoms with Crippen LogP contribution in [-0.2, 0) is 0 Å². The molecule has 2 unspecified atom stereocenters. The number of hydrogen-bond donors (Lipinski definition) is 2. The van der Waals surface area contributed by atoms with Crippen LogP contribution in [0.2, 0.25) is 0 Å². The molecule has 0 bridgehead atoms. The smallest absolute Gasteiger partial charge is 0.120 e. The molecule has 0 aromatic heterocycles. The number of nitrogens with zero attached hydrogens (tertiary/aromatic N) is 1. The minimum Gasteiger partial charge on any atom is -0.508 e. The average molecular weight is 262 g/mol. The zero-order valence-corrected chi connectivity index (χ0v) is 12.3. The maximum atomic E-state index is 10.1. The fourth-order valence-electron chi connectivity index (χ4n) is 2.96. The van der Waals surface area contributed by atoms with Crippen LogP contribution < -0.4 is 5.32 Å². The zero-order chi connectivity index (χ0) is 13.8. The van der Waals surface area contributed by atoms with E-state index in [1.165, 1.54) is 18.4 Å². The van der Waals surface area contributed by atoms with Crippen molar-refractivity contribution in [3.63, 3.8) is 0 Å². The van der Waals surface area contributed by atoms with E-state index < -0.39 is 0 Å². The topological polar surface area (TPSA) is 35.5 Å². The van der Waals surface area contributed by atoms with E-state index in [1.54, 1.807) is 0 Å². The molecule has 1 heterocycles. The van der Waals surface area contributed by atoms with Crippen molar-refractivity contribution in [2.45, 2.75) is 45.7 Å². The van der Waals surface area contributed by atoms with Gasteiger partial charge in [-0.2, -0.15) is 0 Å². The number of rotatable bonds is 5. The summed E-state index contributed by atoms with van der Waals surface area (Å²) >= 11 is 0. The maximum Gasteiger partial charge on any atom is 0.120 e. The summed E-state index contributed by atoms with van der Waals surface area (Å²) in [5, 5.41) is 13.6. The number of phenolic OH excluding ortho intramolecular Hbond substituents is 1. The summed E-state index contributed by atoms with van der Waals surface area (Å²) in [5.41, 5.74) is 2.24. The van der Waals surface area contributed by atoms with Crippen molar-refractivity contribution in [2.24, 2.45) is 0 Å². The minimum atomic E-state index is 0.257. The molecule has 1 aliphatic heterocycles. The Bertz CT molecular complexity index is 413. The van der Waals surface area contributed by atoms with E-state index in [2.05, 4.69) is 37.1 Å². The molecule has 1 aliphatic rings. The molecular weight excluding hydrogens is 236 g/mol. The van der Waals surface area contributed by atoms with Gasteiger partial charge in [0, 0.05) is 24.2 Å². The standard InChI is InChI=1S/C16H26N2O/c1-4-18(11-14-6-5-9-17-14)13(3)15-10-12(2)7-8-16(15)19/h7-8,10,13-14,17,19H,4-6,9,11H2,1-3H3. The molecule has 3 heteroatoms. The summed E-state index contributed by atoms with van der Waals surface area (Å²) in [7, 11) is 0. The highest BCUT2D eigenvalue weighted by Crippen LogP contribution is 2.29.